The molecule has 0 aliphatic carbocycles. The molecule has 0 radical (unpaired) electrons. The monoisotopic (exact) mass is 313 g/mol. The SMILES string of the molecule is CCNC(=O)c1sc(N(C)CC(C)C)c(C(=O)OC)c1N. The van der Waals surface area contributed by atoms with Gasteiger partial charge in [-0.2, -0.15) is 0 Å². The molecule has 0 aromatic carbocycles. The van der Waals surface area contributed by atoms with E-state index in [0.717, 1.165) is 6.54 Å². The number of ether oxygens (including phenoxy) is 1. The third-order valence-electron chi connectivity index (χ3n) is 2.85. The molecule has 118 valence electrons. The third-order valence-corrected chi connectivity index (χ3v) is 4.16. The van der Waals surface area contributed by atoms with Crippen molar-refractivity contribution in [3.63, 3.8) is 0 Å². The zero-order valence-electron chi connectivity index (χ0n) is 13.1. The lowest BCUT2D eigenvalue weighted by atomic mass is 10.2. The molecule has 1 aromatic heterocycles. The molecule has 0 saturated heterocycles. The van der Waals surface area contributed by atoms with Crippen LogP contribution in [0.1, 0.15) is 40.8 Å². The Morgan fingerprint density at radius 1 is 1.43 bits per heavy atom. The molecule has 1 heterocycles. The van der Waals surface area contributed by atoms with Crippen LogP contribution in [0.2, 0.25) is 0 Å². The van der Waals surface area contributed by atoms with Gasteiger partial charge in [0.2, 0.25) is 0 Å². The molecule has 0 saturated carbocycles. The second-order valence-corrected chi connectivity index (χ2v) is 6.15. The number of hydrogen-bond donors (Lipinski definition) is 2. The molecule has 0 fully saturated rings. The standard InChI is InChI=1S/C14H23N3O3S/c1-6-16-12(18)11-10(15)9(14(19)20-5)13(21-11)17(4)7-8(2)3/h8H,6-7,15H2,1-5H3,(H,16,18). The highest BCUT2D eigenvalue weighted by Crippen LogP contribution is 2.38. The van der Waals surface area contributed by atoms with Gasteiger partial charge in [-0.1, -0.05) is 13.8 Å². The summed E-state index contributed by atoms with van der Waals surface area (Å²) >= 11 is 1.22. The van der Waals surface area contributed by atoms with Crippen molar-refractivity contribution < 1.29 is 14.3 Å². The number of methoxy groups -OCH3 is 1. The number of carbonyl (C=O) groups excluding carboxylic acids is 2. The lowest BCUT2D eigenvalue weighted by Gasteiger charge is -2.20. The van der Waals surface area contributed by atoms with Crippen molar-refractivity contribution in [2.75, 3.05) is 37.9 Å². The van der Waals surface area contributed by atoms with Gasteiger partial charge in [0.1, 0.15) is 15.4 Å². The lowest BCUT2D eigenvalue weighted by molar-refractivity contribution is 0.0603. The fraction of sp³-hybridized carbons (Fsp3) is 0.571. The number of nitrogen functional groups attached to an aromatic ring is 1. The molecule has 0 atom stereocenters. The first-order valence-corrected chi connectivity index (χ1v) is 7.64. The van der Waals surface area contributed by atoms with Gasteiger partial charge >= 0.3 is 5.97 Å². The van der Waals surface area contributed by atoms with Crippen LogP contribution in [-0.4, -0.2) is 39.1 Å². The number of thiophene rings is 1. The van der Waals surface area contributed by atoms with Crippen LogP contribution in [0.4, 0.5) is 10.7 Å². The minimum atomic E-state index is -0.523. The van der Waals surface area contributed by atoms with Crippen LogP contribution in [0.3, 0.4) is 0 Å². The van der Waals surface area contributed by atoms with Crippen LogP contribution < -0.4 is 16.0 Å². The number of rotatable bonds is 6. The van der Waals surface area contributed by atoms with Crippen molar-refractivity contribution in [2.24, 2.45) is 5.92 Å². The van der Waals surface area contributed by atoms with Crippen molar-refractivity contribution in [1.29, 1.82) is 0 Å². The molecule has 0 spiro atoms. The minimum Gasteiger partial charge on any atom is -0.465 e. The number of hydrogen-bond acceptors (Lipinski definition) is 6. The summed E-state index contributed by atoms with van der Waals surface area (Å²) < 4.78 is 4.80. The zero-order valence-corrected chi connectivity index (χ0v) is 14.0. The topological polar surface area (TPSA) is 84.7 Å². The average molecular weight is 313 g/mol. The Labute approximate surface area is 129 Å². The number of amides is 1. The zero-order chi connectivity index (χ0) is 16.2. The molecule has 7 heteroatoms. The molecular formula is C14H23N3O3S. The van der Waals surface area contributed by atoms with Gasteiger partial charge in [0.15, 0.2) is 0 Å². The molecule has 0 aliphatic heterocycles. The van der Waals surface area contributed by atoms with E-state index in [1.54, 1.807) is 0 Å². The molecule has 1 amide bonds. The Balaban J connectivity index is 3.30. The lowest BCUT2D eigenvalue weighted by Crippen LogP contribution is -2.23. The van der Waals surface area contributed by atoms with Crippen LogP contribution in [0.25, 0.3) is 0 Å². The van der Waals surface area contributed by atoms with Crippen molar-refractivity contribution in [3.8, 4) is 0 Å². The van der Waals surface area contributed by atoms with Gasteiger partial charge in [-0.25, -0.2) is 4.79 Å². The largest absolute Gasteiger partial charge is 0.465 e. The Bertz CT molecular complexity index is 526. The van der Waals surface area contributed by atoms with Crippen molar-refractivity contribution in [1.82, 2.24) is 5.32 Å². The van der Waals surface area contributed by atoms with Gasteiger partial charge in [0.25, 0.3) is 5.91 Å². The van der Waals surface area contributed by atoms with E-state index in [1.807, 2.05) is 18.9 Å². The highest BCUT2D eigenvalue weighted by molar-refractivity contribution is 7.19. The predicted molar refractivity (Wildman–Crippen MR) is 86.2 cm³/mol. The highest BCUT2D eigenvalue weighted by Gasteiger charge is 2.28. The Kier molecular flexibility index (Phi) is 6.02. The normalized spacial score (nSPS) is 10.6. The fourth-order valence-electron chi connectivity index (χ4n) is 2.04. The summed E-state index contributed by atoms with van der Waals surface area (Å²) in [4.78, 5) is 26.3. The number of nitrogens with zero attached hydrogens (tertiary/aromatic N) is 1. The Morgan fingerprint density at radius 2 is 2.05 bits per heavy atom. The molecule has 6 nitrogen and oxygen atoms in total. The first-order chi connectivity index (χ1) is 9.83. The Hall–Kier alpha value is -1.76. The first-order valence-electron chi connectivity index (χ1n) is 6.83. The van der Waals surface area contributed by atoms with E-state index < -0.39 is 5.97 Å². The average Bonchev–Trinajstić information content (AvgIpc) is 2.75. The van der Waals surface area contributed by atoms with E-state index in [-0.39, 0.29) is 17.2 Å². The van der Waals surface area contributed by atoms with E-state index in [1.165, 1.54) is 18.4 Å². The summed E-state index contributed by atoms with van der Waals surface area (Å²) in [5.41, 5.74) is 6.46. The predicted octanol–water partition coefficient (Wildman–Crippen LogP) is 1.96. The van der Waals surface area contributed by atoms with Crippen molar-refractivity contribution in [2.45, 2.75) is 20.8 Å². The maximum atomic E-state index is 12.0. The van der Waals surface area contributed by atoms with Gasteiger partial charge in [-0.15, -0.1) is 11.3 Å². The number of anilines is 2. The van der Waals surface area contributed by atoms with E-state index >= 15 is 0 Å². The molecule has 0 aliphatic rings. The first kappa shape index (κ1) is 17.3. The van der Waals surface area contributed by atoms with Crippen LogP contribution in [0.15, 0.2) is 0 Å². The van der Waals surface area contributed by atoms with Crippen LogP contribution >= 0.6 is 11.3 Å². The van der Waals surface area contributed by atoms with Gasteiger partial charge in [0.05, 0.1) is 12.8 Å². The summed E-state index contributed by atoms with van der Waals surface area (Å²) in [7, 11) is 3.18. The number of carbonyl (C=O) groups is 2. The Morgan fingerprint density at radius 3 is 2.52 bits per heavy atom. The molecule has 1 aromatic rings. The molecule has 1 rings (SSSR count). The number of nitrogens with two attached hydrogens (primary N) is 1. The smallest absolute Gasteiger partial charge is 0.343 e. The van der Waals surface area contributed by atoms with E-state index in [2.05, 4.69) is 19.2 Å². The quantitative estimate of drug-likeness (QED) is 0.784. The van der Waals surface area contributed by atoms with Crippen molar-refractivity contribution >= 4 is 33.9 Å². The van der Waals surface area contributed by atoms with Crippen molar-refractivity contribution in [3.05, 3.63) is 10.4 Å². The highest BCUT2D eigenvalue weighted by atomic mass is 32.1. The van der Waals surface area contributed by atoms with Gasteiger partial charge in [-0.3, -0.25) is 4.79 Å². The number of nitrogens with one attached hydrogen (secondary N) is 1. The molecule has 21 heavy (non-hydrogen) atoms. The number of esters is 1. The second kappa shape index (κ2) is 7.31. The van der Waals surface area contributed by atoms with Crippen LogP contribution in [0.5, 0.6) is 0 Å². The third kappa shape index (κ3) is 3.87. The minimum absolute atomic E-state index is 0.184. The van der Waals surface area contributed by atoms with Gasteiger partial charge in [0, 0.05) is 20.1 Å². The fourth-order valence-corrected chi connectivity index (χ4v) is 3.14. The van der Waals surface area contributed by atoms with Crippen LogP contribution in [-0.2, 0) is 4.74 Å². The molecule has 3 N–H and O–H groups in total. The summed E-state index contributed by atoms with van der Waals surface area (Å²) in [6.07, 6.45) is 0. The van der Waals surface area contributed by atoms with E-state index in [4.69, 9.17) is 10.5 Å². The maximum absolute atomic E-state index is 12.0. The second-order valence-electron chi connectivity index (χ2n) is 5.15. The molecule has 0 unspecified atom stereocenters. The summed E-state index contributed by atoms with van der Waals surface area (Å²) in [5, 5.41) is 3.36. The van der Waals surface area contributed by atoms with Gasteiger partial charge < -0.3 is 20.7 Å². The summed E-state index contributed by atoms with van der Waals surface area (Å²) in [5.74, 6) is -0.379. The molecular weight excluding hydrogens is 290 g/mol. The van der Waals surface area contributed by atoms with Gasteiger partial charge in [-0.05, 0) is 12.8 Å². The van der Waals surface area contributed by atoms with E-state index in [0.29, 0.717) is 22.3 Å². The van der Waals surface area contributed by atoms with E-state index in [9.17, 15) is 9.59 Å². The maximum Gasteiger partial charge on any atom is 0.343 e. The molecule has 0 bridgehead atoms. The van der Waals surface area contributed by atoms with Crippen LogP contribution in [0, 0.1) is 5.92 Å². The summed E-state index contributed by atoms with van der Waals surface area (Å²) in [6, 6.07) is 0. The summed E-state index contributed by atoms with van der Waals surface area (Å²) in [6.45, 7) is 7.24.